The van der Waals surface area contributed by atoms with Gasteiger partial charge in [0.15, 0.2) is 0 Å². The van der Waals surface area contributed by atoms with E-state index in [0.717, 1.165) is 30.4 Å². The predicted octanol–water partition coefficient (Wildman–Crippen LogP) is 6.98. The van der Waals surface area contributed by atoms with Gasteiger partial charge in [0, 0.05) is 18.2 Å². The number of nitro groups is 1. The maximum Gasteiger partial charge on any atom is 0.328 e. The number of nitro benzene ring substituents is 1. The Balaban J connectivity index is 2.15. The molecule has 1 N–H and O–H groups in total. The summed E-state index contributed by atoms with van der Waals surface area (Å²) in [4.78, 5) is 21.2. The SMILES string of the molecule is CC1=C(/C=C/C(C)=C\C=C\C(C)=C\C(=O)O)C(C)(C)C(Cc2ccc([N+](=O)[O-])cc2)CC1. The molecular weight excluding hydrogens is 402 g/mol. The molecule has 1 aromatic rings. The van der Waals surface area contributed by atoms with Crippen LogP contribution < -0.4 is 0 Å². The number of carbonyl (C=O) groups is 1. The van der Waals surface area contributed by atoms with Gasteiger partial charge < -0.3 is 5.11 Å². The maximum atomic E-state index is 10.9. The van der Waals surface area contributed by atoms with Crippen LogP contribution in [0.1, 0.15) is 53.0 Å². The molecule has 1 aliphatic rings. The second-order valence-electron chi connectivity index (χ2n) is 9.11. The molecule has 0 radical (unpaired) electrons. The first kappa shape index (κ1) is 25.1. The van der Waals surface area contributed by atoms with Gasteiger partial charge in [0.25, 0.3) is 5.69 Å². The number of carboxylic acids is 1. The zero-order valence-corrected chi connectivity index (χ0v) is 19.6. The normalized spacial score (nSPS) is 19.7. The Bertz CT molecular complexity index is 1000. The summed E-state index contributed by atoms with van der Waals surface area (Å²) in [5, 5.41) is 19.7. The highest BCUT2D eigenvalue weighted by Gasteiger charge is 2.36. The summed E-state index contributed by atoms with van der Waals surface area (Å²) in [6.07, 6.45) is 14.1. The molecule has 0 fully saturated rings. The van der Waals surface area contributed by atoms with E-state index in [1.165, 1.54) is 17.2 Å². The van der Waals surface area contributed by atoms with Crippen molar-refractivity contribution in [2.75, 3.05) is 0 Å². The number of nitrogens with zero attached hydrogens (tertiary/aromatic N) is 1. The summed E-state index contributed by atoms with van der Waals surface area (Å²) in [6, 6.07) is 6.91. The molecule has 0 saturated heterocycles. The van der Waals surface area contributed by atoms with Gasteiger partial charge in [-0.25, -0.2) is 4.79 Å². The van der Waals surface area contributed by atoms with Gasteiger partial charge >= 0.3 is 5.97 Å². The fourth-order valence-electron chi connectivity index (χ4n) is 4.27. The lowest BCUT2D eigenvalue weighted by Crippen LogP contribution is -2.31. The topological polar surface area (TPSA) is 80.4 Å². The Morgan fingerprint density at radius 2 is 1.84 bits per heavy atom. The minimum Gasteiger partial charge on any atom is -0.478 e. The Morgan fingerprint density at radius 3 is 2.44 bits per heavy atom. The highest BCUT2D eigenvalue weighted by molar-refractivity contribution is 5.81. The summed E-state index contributed by atoms with van der Waals surface area (Å²) in [7, 11) is 0. The second kappa shape index (κ2) is 10.9. The van der Waals surface area contributed by atoms with Crippen molar-refractivity contribution in [3.05, 3.63) is 98.7 Å². The average molecular weight is 436 g/mol. The molecule has 0 aliphatic heterocycles. The van der Waals surface area contributed by atoms with Crippen LogP contribution in [0, 0.1) is 21.4 Å². The van der Waals surface area contributed by atoms with Gasteiger partial charge in [0.2, 0.25) is 0 Å². The van der Waals surface area contributed by atoms with E-state index in [1.54, 1.807) is 25.1 Å². The van der Waals surface area contributed by atoms with Crippen molar-refractivity contribution in [1.29, 1.82) is 0 Å². The molecule has 0 heterocycles. The molecule has 5 heteroatoms. The zero-order chi connectivity index (χ0) is 23.9. The fraction of sp³-hybridized carbons (Fsp3) is 0.370. The highest BCUT2D eigenvalue weighted by atomic mass is 16.6. The first-order valence-electron chi connectivity index (χ1n) is 10.9. The lowest BCUT2D eigenvalue weighted by atomic mass is 9.63. The third-order valence-corrected chi connectivity index (χ3v) is 6.25. The third-order valence-electron chi connectivity index (χ3n) is 6.25. The lowest BCUT2D eigenvalue weighted by molar-refractivity contribution is -0.384. The van der Waals surface area contributed by atoms with E-state index >= 15 is 0 Å². The van der Waals surface area contributed by atoms with Crippen molar-refractivity contribution in [3.63, 3.8) is 0 Å². The summed E-state index contributed by atoms with van der Waals surface area (Å²) in [6.45, 7) is 10.5. The molecule has 0 bridgehead atoms. The van der Waals surface area contributed by atoms with E-state index in [0.29, 0.717) is 11.5 Å². The van der Waals surface area contributed by atoms with Gasteiger partial charge in [-0.05, 0) is 68.1 Å². The predicted molar refractivity (Wildman–Crippen MR) is 129 cm³/mol. The first-order chi connectivity index (χ1) is 15.0. The highest BCUT2D eigenvalue weighted by Crippen LogP contribution is 2.46. The van der Waals surface area contributed by atoms with Crippen molar-refractivity contribution in [1.82, 2.24) is 0 Å². The quantitative estimate of drug-likeness (QED) is 0.207. The van der Waals surface area contributed by atoms with Crippen LogP contribution in [0.5, 0.6) is 0 Å². The van der Waals surface area contributed by atoms with Crippen LogP contribution >= 0.6 is 0 Å². The van der Waals surface area contributed by atoms with Gasteiger partial charge in [0.05, 0.1) is 4.92 Å². The Kier molecular flexibility index (Phi) is 8.53. The van der Waals surface area contributed by atoms with Crippen LogP contribution in [0.3, 0.4) is 0 Å². The summed E-state index contributed by atoms with van der Waals surface area (Å²) in [5.41, 5.74) is 5.74. The number of aliphatic carboxylic acids is 1. The number of hydrogen-bond acceptors (Lipinski definition) is 3. The summed E-state index contributed by atoms with van der Waals surface area (Å²) >= 11 is 0. The maximum absolute atomic E-state index is 10.9. The molecule has 170 valence electrons. The Labute approximate surface area is 190 Å². The van der Waals surface area contributed by atoms with E-state index in [2.05, 4.69) is 32.9 Å². The molecule has 0 spiro atoms. The molecule has 1 unspecified atom stereocenters. The third kappa shape index (κ3) is 6.91. The van der Waals surface area contributed by atoms with Crippen LogP contribution in [-0.2, 0) is 11.2 Å². The number of allylic oxidation sites excluding steroid dienone is 9. The Hall–Kier alpha value is -3.21. The van der Waals surface area contributed by atoms with Gasteiger partial charge in [-0.1, -0.05) is 67.5 Å². The second-order valence-corrected chi connectivity index (χ2v) is 9.11. The van der Waals surface area contributed by atoms with Crippen molar-refractivity contribution in [3.8, 4) is 0 Å². The van der Waals surface area contributed by atoms with Crippen LogP contribution in [0.25, 0.3) is 0 Å². The van der Waals surface area contributed by atoms with Gasteiger partial charge in [-0.15, -0.1) is 0 Å². The standard InChI is InChI=1S/C27H33NO4/c1-19(7-6-8-20(2)17-26(29)30)9-16-25-21(3)10-13-23(27(25,4)5)18-22-11-14-24(15-12-22)28(31)32/h6-9,11-12,14-17,23H,10,13,18H2,1-5H3,(H,29,30)/b8-6+,16-9+,19-7-,20-17+. The molecule has 1 atom stereocenters. The average Bonchev–Trinajstić information content (AvgIpc) is 2.69. The molecule has 2 rings (SSSR count). The summed E-state index contributed by atoms with van der Waals surface area (Å²) < 4.78 is 0. The van der Waals surface area contributed by atoms with E-state index in [1.807, 2.05) is 31.2 Å². The van der Waals surface area contributed by atoms with Crippen LogP contribution in [-0.4, -0.2) is 16.0 Å². The zero-order valence-electron chi connectivity index (χ0n) is 19.6. The van der Waals surface area contributed by atoms with Crippen molar-refractivity contribution in [2.24, 2.45) is 11.3 Å². The van der Waals surface area contributed by atoms with E-state index in [9.17, 15) is 14.9 Å². The smallest absolute Gasteiger partial charge is 0.328 e. The number of benzene rings is 1. The molecular formula is C27H33NO4. The minimum absolute atomic E-state index is 0.0163. The molecule has 0 amide bonds. The van der Waals surface area contributed by atoms with E-state index in [4.69, 9.17) is 5.11 Å². The molecule has 1 aliphatic carbocycles. The largest absolute Gasteiger partial charge is 0.478 e. The van der Waals surface area contributed by atoms with Crippen LogP contribution in [0.15, 0.2) is 83.0 Å². The van der Waals surface area contributed by atoms with Crippen LogP contribution in [0.4, 0.5) is 5.69 Å². The van der Waals surface area contributed by atoms with E-state index in [-0.39, 0.29) is 16.0 Å². The number of hydrogen-bond donors (Lipinski definition) is 1. The lowest BCUT2D eigenvalue weighted by Gasteiger charge is -2.41. The number of non-ortho nitro benzene ring substituents is 1. The van der Waals surface area contributed by atoms with E-state index < -0.39 is 5.97 Å². The monoisotopic (exact) mass is 435 g/mol. The van der Waals surface area contributed by atoms with Gasteiger partial charge in [0.1, 0.15) is 0 Å². The molecule has 32 heavy (non-hydrogen) atoms. The summed E-state index contributed by atoms with van der Waals surface area (Å²) in [5.74, 6) is -0.502. The first-order valence-corrected chi connectivity index (χ1v) is 10.9. The molecule has 0 aromatic heterocycles. The molecule has 1 aromatic carbocycles. The number of rotatable bonds is 8. The molecule has 5 nitrogen and oxygen atoms in total. The van der Waals surface area contributed by atoms with Gasteiger partial charge in [-0.2, -0.15) is 0 Å². The molecule has 0 saturated carbocycles. The Morgan fingerprint density at radius 1 is 1.19 bits per heavy atom. The van der Waals surface area contributed by atoms with Crippen molar-refractivity contribution in [2.45, 2.75) is 53.9 Å². The van der Waals surface area contributed by atoms with Gasteiger partial charge in [-0.3, -0.25) is 10.1 Å². The van der Waals surface area contributed by atoms with Crippen molar-refractivity contribution < 1.29 is 14.8 Å². The van der Waals surface area contributed by atoms with Crippen LogP contribution in [0.2, 0.25) is 0 Å². The van der Waals surface area contributed by atoms with Crippen molar-refractivity contribution >= 4 is 11.7 Å². The minimum atomic E-state index is -0.946. The fourth-order valence-corrected chi connectivity index (χ4v) is 4.27. The number of carboxylic acid groups (broad SMARTS) is 1.